The van der Waals surface area contributed by atoms with Crippen LogP contribution in [-0.2, 0) is 0 Å². The molecule has 76 valence electrons. The van der Waals surface area contributed by atoms with Crippen molar-refractivity contribution in [2.45, 2.75) is 19.3 Å². The monoisotopic (exact) mass is 255 g/mol. The minimum absolute atomic E-state index is 0.765. The topological polar surface area (TPSA) is 42.1 Å². The SMILES string of the molecule is Nc1cc(Br)cnc1N1CCCCC1. The predicted molar refractivity (Wildman–Crippen MR) is 62.4 cm³/mol. The van der Waals surface area contributed by atoms with Gasteiger partial charge in [0.25, 0.3) is 0 Å². The largest absolute Gasteiger partial charge is 0.396 e. The zero-order chi connectivity index (χ0) is 9.97. The van der Waals surface area contributed by atoms with E-state index in [2.05, 4.69) is 25.8 Å². The van der Waals surface area contributed by atoms with Crippen LogP contribution in [0.2, 0.25) is 0 Å². The lowest BCUT2D eigenvalue weighted by molar-refractivity contribution is 0.574. The van der Waals surface area contributed by atoms with E-state index < -0.39 is 0 Å². The number of hydrogen-bond acceptors (Lipinski definition) is 3. The molecule has 1 aliphatic heterocycles. The molecule has 14 heavy (non-hydrogen) atoms. The van der Waals surface area contributed by atoms with Crippen molar-refractivity contribution in [2.24, 2.45) is 0 Å². The van der Waals surface area contributed by atoms with Gasteiger partial charge in [0.05, 0.1) is 5.69 Å². The Morgan fingerprint density at radius 1 is 1.29 bits per heavy atom. The fourth-order valence-corrected chi connectivity index (χ4v) is 2.17. The first kappa shape index (κ1) is 9.77. The van der Waals surface area contributed by atoms with Crippen LogP contribution in [0.25, 0.3) is 0 Å². The molecule has 0 aromatic carbocycles. The number of hydrogen-bond donors (Lipinski definition) is 1. The van der Waals surface area contributed by atoms with Gasteiger partial charge in [0, 0.05) is 23.8 Å². The van der Waals surface area contributed by atoms with Gasteiger partial charge in [-0.05, 0) is 41.3 Å². The van der Waals surface area contributed by atoms with Gasteiger partial charge in [0.1, 0.15) is 0 Å². The van der Waals surface area contributed by atoms with E-state index in [1.54, 1.807) is 6.20 Å². The highest BCUT2D eigenvalue weighted by Gasteiger charge is 2.14. The van der Waals surface area contributed by atoms with Crippen molar-refractivity contribution in [3.8, 4) is 0 Å². The van der Waals surface area contributed by atoms with Crippen molar-refractivity contribution in [1.82, 2.24) is 4.98 Å². The maximum absolute atomic E-state index is 5.92. The molecule has 2 heterocycles. The Morgan fingerprint density at radius 3 is 2.64 bits per heavy atom. The number of nitrogens with zero attached hydrogens (tertiary/aromatic N) is 2. The van der Waals surface area contributed by atoms with Gasteiger partial charge < -0.3 is 10.6 Å². The molecule has 1 saturated heterocycles. The Labute approximate surface area is 92.4 Å². The smallest absolute Gasteiger partial charge is 0.151 e. The molecule has 2 rings (SSSR count). The summed E-state index contributed by atoms with van der Waals surface area (Å²) in [5, 5.41) is 0. The number of pyridine rings is 1. The van der Waals surface area contributed by atoms with Crippen LogP contribution >= 0.6 is 15.9 Å². The summed E-state index contributed by atoms with van der Waals surface area (Å²) in [5.74, 6) is 0.938. The Balaban J connectivity index is 2.22. The van der Waals surface area contributed by atoms with Gasteiger partial charge in [0.2, 0.25) is 0 Å². The van der Waals surface area contributed by atoms with E-state index in [-0.39, 0.29) is 0 Å². The molecular formula is C10H14BrN3. The summed E-state index contributed by atoms with van der Waals surface area (Å²) in [7, 11) is 0. The Morgan fingerprint density at radius 2 is 2.00 bits per heavy atom. The molecule has 0 unspecified atom stereocenters. The molecule has 1 aromatic rings. The highest BCUT2D eigenvalue weighted by atomic mass is 79.9. The first-order chi connectivity index (χ1) is 6.77. The molecule has 0 amide bonds. The number of nitrogen functional groups attached to an aromatic ring is 1. The number of aromatic nitrogens is 1. The van der Waals surface area contributed by atoms with E-state index in [4.69, 9.17) is 5.73 Å². The average molecular weight is 256 g/mol. The van der Waals surface area contributed by atoms with E-state index >= 15 is 0 Å². The molecule has 1 aromatic heterocycles. The second-order valence-electron chi connectivity index (χ2n) is 3.61. The summed E-state index contributed by atoms with van der Waals surface area (Å²) in [6, 6.07) is 1.91. The van der Waals surface area contributed by atoms with Crippen LogP contribution < -0.4 is 10.6 Å². The minimum atomic E-state index is 0.765. The van der Waals surface area contributed by atoms with Crippen molar-refractivity contribution >= 4 is 27.4 Å². The third-order valence-electron chi connectivity index (χ3n) is 2.52. The quantitative estimate of drug-likeness (QED) is 0.839. The molecule has 3 nitrogen and oxygen atoms in total. The Kier molecular flexibility index (Phi) is 2.91. The predicted octanol–water partition coefficient (Wildman–Crippen LogP) is 2.42. The fourth-order valence-electron chi connectivity index (χ4n) is 1.82. The molecule has 4 heteroatoms. The molecule has 0 aliphatic carbocycles. The van der Waals surface area contributed by atoms with E-state index in [1.165, 1.54) is 19.3 Å². The van der Waals surface area contributed by atoms with Gasteiger partial charge in [-0.1, -0.05) is 0 Å². The standard InChI is InChI=1S/C10H14BrN3/c11-8-6-9(12)10(13-7-8)14-4-2-1-3-5-14/h6-7H,1-5,12H2. The van der Waals surface area contributed by atoms with E-state index in [0.717, 1.165) is 29.1 Å². The second-order valence-corrected chi connectivity index (χ2v) is 4.53. The zero-order valence-corrected chi connectivity index (χ0v) is 9.63. The van der Waals surface area contributed by atoms with Crippen molar-refractivity contribution in [1.29, 1.82) is 0 Å². The van der Waals surface area contributed by atoms with Crippen molar-refractivity contribution < 1.29 is 0 Å². The molecule has 2 N–H and O–H groups in total. The van der Waals surface area contributed by atoms with Gasteiger partial charge in [-0.25, -0.2) is 4.98 Å². The van der Waals surface area contributed by atoms with Gasteiger partial charge in [0.15, 0.2) is 5.82 Å². The second kappa shape index (κ2) is 4.17. The molecule has 0 spiro atoms. The highest BCUT2D eigenvalue weighted by molar-refractivity contribution is 9.10. The number of halogens is 1. The summed E-state index contributed by atoms with van der Waals surface area (Å²) in [6.45, 7) is 2.16. The first-order valence-electron chi connectivity index (χ1n) is 4.93. The van der Waals surface area contributed by atoms with E-state index in [9.17, 15) is 0 Å². The number of anilines is 2. The maximum Gasteiger partial charge on any atom is 0.151 e. The third kappa shape index (κ3) is 2.00. The first-order valence-corrected chi connectivity index (χ1v) is 5.72. The maximum atomic E-state index is 5.92. The molecule has 0 atom stereocenters. The Bertz CT molecular complexity index is 321. The molecular weight excluding hydrogens is 242 g/mol. The van der Waals surface area contributed by atoms with Gasteiger partial charge in [-0.15, -0.1) is 0 Å². The summed E-state index contributed by atoms with van der Waals surface area (Å²) in [5.41, 5.74) is 6.68. The van der Waals surface area contributed by atoms with Crippen LogP contribution in [-0.4, -0.2) is 18.1 Å². The van der Waals surface area contributed by atoms with E-state index in [0.29, 0.717) is 0 Å². The van der Waals surface area contributed by atoms with Crippen molar-refractivity contribution in [3.05, 3.63) is 16.7 Å². The summed E-state index contributed by atoms with van der Waals surface area (Å²) >= 11 is 3.36. The number of rotatable bonds is 1. The highest BCUT2D eigenvalue weighted by Crippen LogP contribution is 2.25. The van der Waals surface area contributed by atoms with Crippen LogP contribution in [0.5, 0.6) is 0 Å². The zero-order valence-electron chi connectivity index (χ0n) is 8.04. The number of piperidine rings is 1. The lowest BCUT2D eigenvalue weighted by atomic mass is 10.1. The van der Waals surface area contributed by atoms with Crippen LogP contribution in [0.4, 0.5) is 11.5 Å². The van der Waals surface area contributed by atoms with Crippen LogP contribution in [0.15, 0.2) is 16.7 Å². The minimum Gasteiger partial charge on any atom is -0.396 e. The van der Waals surface area contributed by atoms with Gasteiger partial charge >= 0.3 is 0 Å². The molecule has 0 radical (unpaired) electrons. The average Bonchev–Trinajstić information content (AvgIpc) is 2.19. The van der Waals surface area contributed by atoms with E-state index in [1.807, 2.05) is 6.07 Å². The van der Waals surface area contributed by atoms with Crippen molar-refractivity contribution in [3.63, 3.8) is 0 Å². The number of nitrogens with two attached hydrogens (primary N) is 1. The van der Waals surface area contributed by atoms with Crippen molar-refractivity contribution in [2.75, 3.05) is 23.7 Å². The van der Waals surface area contributed by atoms with Crippen LogP contribution in [0.3, 0.4) is 0 Å². The lowest BCUT2D eigenvalue weighted by Gasteiger charge is -2.28. The van der Waals surface area contributed by atoms with Gasteiger partial charge in [-0.2, -0.15) is 0 Å². The molecule has 1 fully saturated rings. The van der Waals surface area contributed by atoms with Crippen LogP contribution in [0, 0.1) is 0 Å². The molecule has 1 aliphatic rings. The Hall–Kier alpha value is -0.770. The summed E-state index contributed by atoms with van der Waals surface area (Å²) in [4.78, 5) is 6.62. The summed E-state index contributed by atoms with van der Waals surface area (Å²) < 4.78 is 0.941. The van der Waals surface area contributed by atoms with Gasteiger partial charge in [-0.3, -0.25) is 0 Å². The third-order valence-corrected chi connectivity index (χ3v) is 2.95. The lowest BCUT2D eigenvalue weighted by Crippen LogP contribution is -2.30. The molecule has 0 bridgehead atoms. The summed E-state index contributed by atoms with van der Waals surface area (Å²) in [6.07, 6.45) is 5.63. The van der Waals surface area contributed by atoms with Crippen LogP contribution in [0.1, 0.15) is 19.3 Å². The fraction of sp³-hybridized carbons (Fsp3) is 0.500. The molecule has 0 saturated carbocycles. The normalized spacial score (nSPS) is 17.1.